The van der Waals surface area contributed by atoms with E-state index in [0.717, 1.165) is 30.2 Å². The molecule has 36 heavy (non-hydrogen) atoms. The number of nitrogens with zero attached hydrogens (tertiary/aromatic N) is 2. The molecule has 1 aliphatic rings. The largest absolute Gasteiger partial charge is 0.345 e. The number of hydrogen-bond acceptors (Lipinski definition) is 4. The molecule has 0 aliphatic heterocycles. The van der Waals surface area contributed by atoms with Crippen molar-refractivity contribution in [2.24, 2.45) is 0 Å². The number of alkyl halides is 2. The Morgan fingerprint density at radius 1 is 1.11 bits per heavy atom. The van der Waals surface area contributed by atoms with Crippen LogP contribution in [-0.2, 0) is 5.92 Å². The minimum absolute atomic E-state index is 0.0626. The second kappa shape index (κ2) is 9.75. The fourth-order valence-electron chi connectivity index (χ4n) is 4.04. The van der Waals surface area contributed by atoms with E-state index in [2.05, 4.69) is 15.5 Å². The summed E-state index contributed by atoms with van der Waals surface area (Å²) in [6.07, 6.45) is 1.88. The van der Waals surface area contributed by atoms with Crippen LogP contribution in [0.1, 0.15) is 45.8 Å². The van der Waals surface area contributed by atoms with Gasteiger partial charge >= 0.3 is 0 Å². The monoisotopic (exact) mass is 527 g/mol. The lowest BCUT2D eigenvalue weighted by molar-refractivity contribution is -0.00239. The predicted molar refractivity (Wildman–Crippen MR) is 134 cm³/mol. The average molecular weight is 528 g/mol. The van der Waals surface area contributed by atoms with Crippen molar-refractivity contribution >= 4 is 40.2 Å². The number of aryl methyl sites for hydroxylation is 1. The van der Waals surface area contributed by atoms with Crippen LogP contribution in [-0.4, -0.2) is 22.6 Å². The molecule has 1 aromatic heterocycles. The van der Waals surface area contributed by atoms with Gasteiger partial charge < -0.3 is 5.32 Å². The first-order valence-corrected chi connectivity index (χ1v) is 12.6. The van der Waals surface area contributed by atoms with E-state index in [4.69, 9.17) is 11.6 Å². The first-order valence-electron chi connectivity index (χ1n) is 11.4. The Balaban J connectivity index is 1.47. The minimum atomic E-state index is -3.41. The van der Waals surface area contributed by atoms with Gasteiger partial charge in [-0.2, -0.15) is 8.78 Å². The summed E-state index contributed by atoms with van der Waals surface area (Å²) in [6.45, 7) is 0.778. The number of nitrogens with one attached hydrogen (secondary N) is 1. The van der Waals surface area contributed by atoms with E-state index in [9.17, 15) is 13.6 Å². The first-order chi connectivity index (χ1) is 17.2. The molecule has 184 valence electrons. The van der Waals surface area contributed by atoms with E-state index in [1.54, 1.807) is 49.4 Å². The molecule has 0 saturated heterocycles. The van der Waals surface area contributed by atoms with Crippen molar-refractivity contribution in [3.63, 3.8) is 0 Å². The number of aromatic nitrogens is 2. The first kappa shape index (κ1) is 24.6. The van der Waals surface area contributed by atoms with Crippen LogP contribution in [0.5, 0.6) is 0 Å². The standard InChI is InChI=1S/C27H21ClF3N3OS/c1-15-9-12-19(20(28)13-15)27(30,31)14-32-25(35)23-18-5-2-3-7-21(18)33-34-26(23)36-22-8-4-6-17(24(22)29)16-10-11-16/h2-9,12-13,16H,10-11,14H2,1H3,(H,32,35). The van der Waals surface area contributed by atoms with E-state index in [1.165, 1.54) is 18.2 Å². The predicted octanol–water partition coefficient (Wildman–Crippen LogP) is 7.28. The highest BCUT2D eigenvalue weighted by Gasteiger charge is 2.35. The number of carbonyl (C=O) groups excluding carboxylic acids is 1. The van der Waals surface area contributed by atoms with Gasteiger partial charge in [0.05, 0.1) is 22.6 Å². The maximum Gasteiger partial charge on any atom is 0.291 e. The molecule has 4 aromatic rings. The molecule has 0 radical (unpaired) electrons. The van der Waals surface area contributed by atoms with Crippen molar-refractivity contribution in [3.05, 3.63) is 93.8 Å². The lowest BCUT2D eigenvalue weighted by Gasteiger charge is -2.20. The Morgan fingerprint density at radius 3 is 2.64 bits per heavy atom. The molecule has 5 rings (SSSR count). The lowest BCUT2D eigenvalue weighted by Crippen LogP contribution is -2.35. The van der Waals surface area contributed by atoms with Gasteiger partial charge in [0.1, 0.15) is 10.8 Å². The third-order valence-corrected chi connectivity index (χ3v) is 7.40. The second-order valence-electron chi connectivity index (χ2n) is 8.80. The van der Waals surface area contributed by atoms with Crippen molar-refractivity contribution in [2.75, 3.05) is 6.54 Å². The molecule has 0 bridgehead atoms. The summed E-state index contributed by atoms with van der Waals surface area (Å²) in [6, 6.07) is 16.2. The summed E-state index contributed by atoms with van der Waals surface area (Å²) < 4.78 is 45.1. The third-order valence-electron chi connectivity index (χ3n) is 6.07. The zero-order chi connectivity index (χ0) is 25.4. The fraction of sp³-hybridized carbons (Fsp3) is 0.222. The van der Waals surface area contributed by atoms with Crippen LogP contribution in [0, 0.1) is 12.7 Å². The van der Waals surface area contributed by atoms with Gasteiger partial charge in [-0.25, -0.2) is 4.39 Å². The SMILES string of the molecule is Cc1ccc(C(F)(F)CNC(=O)c2c(Sc3cccc(C4CC4)c3F)nnc3ccccc23)c(Cl)c1. The molecular weight excluding hydrogens is 507 g/mol. The van der Waals surface area contributed by atoms with Crippen molar-refractivity contribution in [1.29, 1.82) is 0 Å². The van der Waals surface area contributed by atoms with Crippen LogP contribution in [0.15, 0.2) is 70.6 Å². The zero-order valence-corrected chi connectivity index (χ0v) is 20.8. The maximum atomic E-state index is 15.2. The highest BCUT2D eigenvalue weighted by Crippen LogP contribution is 2.44. The summed E-state index contributed by atoms with van der Waals surface area (Å²) in [7, 11) is 0. The van der Waals surface area contributed by atoms with Crippen molar-refractivity contribution in [1.82, 2.24) is 15.5 Å². The van der Waals surface area contributed by atoms with Crippen molar-refractivity contribution < 1.29 is 18.0 Å². The van der Waals surface area contributed by atoms with Crippen LogP contribution in [0.2, 0.25) is 5.02 Å². The zero-order valence-electron chi connectivity index (χ0n) is 19.2. The van der Waals surface area contributed by atoms with Gasteiger partial charge in [0.25, 0.3) is 11.8 Å². The van der Waals surface area contributed by atoms with E-state index in [-0.39, 0.29) is 32.9 Å². The Bertz CT molecular complexity index is 1480. The molecule has 9 heteroatoms. The quantitative estimate of drug-likeness (QED) is 0.274. The molecule has 0 spiro atoms. The number of carbonyl (C=O) groups is 1. The molecule has 1 aliphatic carbocycles. The number of rotatable bonds is 7. The molecule has 1 N–H and O–H groups in total. The Kier molecular flexibility index (Phi) is 6.66. The summed E-state index contributed by atoms with van der Waals surface area (Å²) in [5.74, 6) is -4.32. The van der Waals surface area contributed by atoms with Crippen molar-refractivity contribution in [3.8, 4) is 0 Å². The van der Waals surface area contributed by atoms with Gasteiger partial charge in [0, 0.05) is 15.8 Å². The normalized spacial score (nSPS) is 13.7. The number of halogens is 4. The molecule has 1 heterocycles. The molecule has 1 amide bonds. The van der Waals surface area contributed by atoms with Crippen LogP contribution < -0.4 is 5.32 Å². The van der Waals surface area contributed by atoms with Gasteiger partial charge in [-0.15, -0.1) is 10.2 Å². The summed E-state index contributed by atoms with van der Waals surface area (Å²) >= 11 is 7.00. The molecular formula is C27H21ClF3N3OS. The number of amides is 1. The van der Waals surface area contributed by atoms with E-state index in [1.807, 2.05) is 0 Å². The topological polar surface area (TPSA) is 54.9 Å². The van der Waals surface area contributed by atoms with E-state index >= 15 is 4.39 Å². The molecule has 4 nitrogen and oxygen atoms in total. The smallest absolute Gasteiger partial charge is 0.291 e. The highest BCUT2D eigenvalue weighted by atomic mass is 35.5. The Hall–Kier alpha value is -3.10. The molecule has 0 unspecified atom stereocenters. The maximum absolute atomic E-state index is 15.2. The van der Waals surface area contributed by atoms with Gasteiger partial charge in [-0.3, -0.25) is 4.79 Å². The summed E-state index contributed by atoms with van der Waals surface area (Å²) in [5.41, 5.74) is 1.49. The van der Waals surface area contributed by atoms with E-state index in [0.29, 0.717) is 21.4 Å². The third kappa shape index (κ3) is 4.92. The van der Waals surface area contributed by atoms with E-state index < -0.39 is 18.4 Å². The Labute approximate surface area is 215 Å². The number of benzene rings is 3. The van der Waals surface area contributed by atoms with Crippen LogP contribution >= 0.6 is 23.4 Å². The van der Waals surface area contributed by atoms with Gasteiger partial charge in [0.15, 0.2) is 0 Å². The van der Waals surface area contributed by atoms with Crippen LogP contribution in [0.3, 0.4) is 0 Å². The minimum Gasteiger partial charge on any atom is -0.345 e. The van der Waals surface area contributed by atoms with Crippen LogP contribution in [0.25, 0.3) is 10.9 Å². The lowest BCUT2D eigenvalue weighted by atomic mass is 10.1. The molecule has 3 aromatic carbocycles. The number of hydrogen-bond donors (Lipinski definition) is 1. The highest BCUT2D eigenvalue weighted by molar-refractivity contribution is 7.99. The van der Waals surface area contributed by atoms with Crippen molar-refractivity contribution in [2.45, 2.75) is 41.5 Å². The van der Waals surface area contributed by atoms with Gasteiger partial charge in [0.2, 0.25) is 0 Å². The van der Waals surface area contributed by atoms with Gasteiger partial charge in [-0.05, 0) is 55.0 Å². The fourth-order valence-corrected chi connectivity index (χ4v) is 5.36. The number of fused-ring (bicyclic) bond motifs is 1. The van der Waals surface area contributed by atoms with Gasteiger partial charge in [-0.1, -0.05) is 65.8 Å². The second-order valence-corrected chi connectivity index (χ2v) is 10.2. The Morgan fingerprint density at radius 2 is 1.89 bits per heavy atom. The molecule has 0 atom stereocenters. The summed E-state index contributed by atoms with van der Waals surface area (Å²) in [4.78, 5) is 13.6. The van der Waals surface area contributed by atoms with Crippen LogP contribution in [0.4, 0.5) is 13.2 Å². The average Bonchev–Trinajstić information content (AvgIpc) is 3.69. The molecule has 1 saturated carbocycles. The summed E-state index contributed by atoms with van der Waals surface area (Å²) in [5, 5.41) is 11.1. The molecule has 1 fully saturated rings.